The van der Waals surface area contributed by atoms with Gasteiger partial charge < -0.3 is 5.32 Å². The molecule has 1 aliphatic heterocycles. The molecule has 0 aromatic heterocycles. The van der Waals surface area contributed by atoms with Crippen LogP contribution in [0.1, 0.15) is 12.8 Å². The van der Waals surface area contributed by atoms with Crippen molar-refractivity contribution in [3.05, 3.63) is 34.7 Å². The molecule has 0 saturated carbocycles. The zero-order valence-corrected chi connectivity index (χ0v) is 10.1. The second-order valence-corrected chi connectivity index (χ2v) is 6.34. The van der Waals surface area contributed by atoms with Crippen molar-refractivity contribution in [2.75, 3.05) is 0 Å². The fraction of sp³-hybridized carbons (Fsp3) is 0.333. The van der Waals surface area contributed by atoms with Crippen molar-refractivity contribution >= 4 is 21.8 Å². The molecule has 0 spiro atoms. The van der Waals surface area contributed by atoms with Crippen LogP contribution in [0.4, 0.5) is 0 Å². The number of fused-ring (bicyclic) bond motifs is 2. The minimum atomic E-state index is -3.51. The third-order valence-electron chi connectivity index (χ3n) is 3.49. The van der Waals surface area contributed by atoms with Crippen LogP contribution in [0.3, 0.4) is 0 Å². The highest BCUT2D eigenvalue weighted by atomic mass is 32.2. The molecule has 2 aliphatic rings. The molecule has 90 valence electrons. The van der Waals surface area contributed by atoms with Gasteiger partial charge in [-0.1, -0.05) is 30.3 Å². The molecule has 1 aliphatic carbocycles. The lowest BCUT2D eigenvalue weighted by atomic mass is 9.94. The number of hydrogen-bond donors (Lipinski definition) is 2. The first kappa shape index (κ1) is 10.8. The van der Waals surface area contributed by atoms with Crippen LogP contribution in [-0.4, -0.2) is 13.8 Å². The van der Waals surface area contributed by atoms with Crippen molar-refractivity contribution in [2.24, 2.45) is 11.1 Å². The minimum absolute atomic E-state index is 0.258. The molecule has 0 radical (unpaired) electrons. The summed E-state index contributed by atoms with van der Waals surface area (Å²) in [5, 5.41) is 9.91. The van der Waals surface area contributed by atoms with Crippen LogP contribution in [0.15, 0.2) is 24.3 Å². The smallest absolute Gasteiger partial charge is 0.230 e. The molecule has 1 saturated heterocycles. The Labute approximate surface area is 99.9 Å². The number of benzene rings is 1. The van der Waals surface area contributed by atoms with E-state index in [1.165, 1.54) is 5.22 Å². The minimum Gasteiger partial charge on any atom is -0.371 e. The average Bonchev–Trinajstić information content (AvgIpc) is 2.72. The van der Waals surface area contributed by atoms with Gasteiger partial charge in [0.25, 0.3) is 0 Å². The van der Waals surface area contributed by atoms with Crippen molar-refractivity contribution in [1.29, 1.82) is 0 Å². The molecular weight excluding hydrogens is 236 g/mol. The Balaban J connectivity index is 2.16. The maximum atomic E-state index is 11.4. The van der Waals surface area contributed by atoms with E-state index in [1.54, 1.807) is 0 Å². The van der Waals surface area contributed by atoms with Gasteiger partial charge >= 0.3 is 0 Å². The Kier molecular flexibility index (Phi) is 2.27. The second-order valence-electron chi connectivity index (χ2n) is 4.60. The van der Waals surface area contributed by atoms with Crippen LogP contribution in [0, 0.1) is 5.92 Å². The number of nitrogens with two attached hydrogens (primary N) is 1. The molecule has 2 atom stereocenters. The van der Waals surface area contributed by atoms with Crippen molar-refractivity contribution in [3.8, 4) is 0 Å². The van der Waals surface area contributed by atoms with Crippen LogP contribution < -0.4 is 20.9 Å². The van der Waals surface area contributed by atoms with Crippen molar-refractivity contribution < 1.29 is 8.42 Å². The van der Waals surface area contributed by atoms with E-state index in [1.807, 2.05) is 24.3 Å². The van der Waals surface area contributed by atoms with Gasteiger partial charge in [-0.15, -0.1) is 0 Å². The highest BCUT2D eigenvalue weighted by molar-refractivity contribution is 7.89. The Hall–Kier alpha value is -1.33. The summed E-state index contributed by atoms with van der Waals surface area (Å²) in [5.74, 6) is 0.258. The Morgan fingerprint density at radius 1 is 1.29 bits per heavy atom. The molecular formula is C12H14N2O2S. The molecule has 17 heavy (non-hydrogen) atoms. The van der Waals surface area contributed by atoms with Gasteiger partial charge in [0.05, 0.1) is 0 Å². The molecule has 1 aromatic rings. The van der Waals surface area contributed by atoms with E-state index in [0.29, 0.717) is 6.42 Å². The SMILES string of the molecule is NS(=O)(=O)C1CC2CC=c3ccccc3=C2N1. The first-order valence-electron chi connectivity index (χ1n) is 5.63. The first-order chi connectivity index (χ1) is 8.05. The fourth-order valence-corrected chi connectivity index (χ4v) is 3.44. The largest absolute Gasteiger partial charge is 0.371 e. The topological polar surface area (TPSA) is 72.2 Å². The maximum absolute atomic E-state index is 11.4. The van der Waals surface area contributed by atoms with Gasteiger partial charge in [-0.2, -0.15) is 0 Å². The van der Waals surface area contributed by atoms with E-state index in [-0.39, 0.29) is 5.92 Å². The zero-order chi connectivity index (χ0) is 12.0. The highest BCUT2D eigenvalue weighted by Gasteiger charge is 2.35. The van der Waals surface area contributed by atoms with Crippen LogP contribution in [0.5, 0.6) is 0 Å². The molecule has 1 aromatic carbocycles. The molecule has 0 amide bonds. The predicted octanol–water partition coefficient (Wildman–Crippen LogP) is -0.797. The van der Waals surface area contributed by atoms with Crippen molar-refractivity contribution in [2.45, 2.75) is 18.2 Å². The quantitative estimate of drug-likeness (QED) is 0.685. The van der Waals surface area contributed by atoms with Crippen LogP contribution >= 0.6 is 0 Å². The summed E-state index contributed by atoms with van der Waals surface area (Å²) in [6.45, 7) is 0. The molecule has 4 nitrogen and oxygen atoms in total. The summed E-state index contributed by atoms with van der Waals surface area (Å²) in [4.78, 5) is 0. The lowest BCUT2D eigenvalue weighted by Crippen LogP contribution is -2.38. The van der Waals surface area contributed by atoms with E-state index in [9.17, 15) is 8.42 Å². The van der Waals surface area contributed by atoms with E-state index >= 15 is 0 Å². The molecule has 1 heterocycles. The Morgan fingerprint density at radius 3 is 2.82 bits per heavy atom. The maximum Gasteiger partial charge on any atom is 0.230 e. The molecule has 3 N–H and O–H groups in total. The number of hydrogen-bond acceptors (Lipinski definition) is 3. The van der Waals surface area contributed by atoms with E-state index in [0.717, 1.165) is 17.3 Å². The summed E-state index contributed by atoms with van der Waals surface area (Å²) in [5.41, 5.74) is 1.03. The van der Waals surface area contributed by atoms with Gasteiger partial charge in [-0.05, 0) is 18.1 Å². The van der Waals surface area contributed by atoms with Crippen molar-refractivity contribution in [1.82, 2.24) is 5.32 Å². The van der Waals surface area contributed by atoms with E-state index in [4.69, 9.17) is 5.14 Å². The first-order valence-corrected chi connectivity index (χ1v) is 7.24. The van der Waals surface area contributed by atoms with E-state index < -0.39 is 15.4 Å². The third kappa shape index (κ3) is 1.75. The zero-order valence-electron chi connectivity index (χ0n) is 9.26. The highest BCUT2D eigenvalue weighted by Crippen LogP contribution is 2.29. The lowest BCUT2D eigenvalue weighted by Gasteiger charge is -2.13. The van der Waals surface area contributed by atoms with Gasteiger partial charge in [-0.25, -0.2) is 13.6 Å². The molecule has 1 fully saturated rings. The number of sulfonamides is 1. The van der Waals surface area contributed by atoms with E-state index in [2.05, 4.69) is 11.4 Å². The molecule has 2 unspecified atom stereocenters. The Bertz CT molecular complexity index is 679. The summed E-state index contributed by atoms with van der Waals surface area (Å²) < 4.78 is 22.8. The summed E-state index contributed by atoms with van der Waals surface area (Å²) in [6, 6.07) is 8.02. The monoisotopic (exact) mass is 250 g/mol. The number of rotatable bonds is 1. The third-order valence-corrected chi connectivity index (χ3v) is 4.60. The number of nitrogens with one attached hydrogen (secondary N) is 1. The summed E-state index contributed by atoms with van der Waals surface area (Å²) in [6.07, 6.45) is 3.61. The normalized spacial score (nSPS) is 26.8. The molecule has 0 bridgehead atoms. The second kappa shape index (κ2) is 3.58. The Morgan fingerprint density at radius 2 is 2.06 bits per heavy atom. The molecule has 5 heteroatoms. The van der Waals surface area contributed by atoms with Gasteiger partial charge in [0.15, 0.2) is 0 Å². The summed E-state index contributed by atoms with van der Waals surface area (Å²) in [7, 11) is -3.51. The fourth-order valence-electron chi connectivity index (χ4n) is 2.64. The predicted molar refractivity (Wildman–Crippen MR) is 66.3 cm³/mol. The van der Waals surface area contributed by atoms with Crippen molar-refractivity contribution in [3.63, 3.8) is 0 Å². The standard InChI is InChI=1S/C12H14N2O2S/c13-17(15,16)11-7-9-6-5-8-3-1-2-4-10(8)12(9)14-11/h1-5,9,11,14H,6-7H2,(H2,13,15,16). The van der Waals surface area contributed by atoms with Gasteiger partial charge in [0.2, 0.25) is 10.0 Å². The van der Waals surface area contributed by atoms with Gasteiger partial charge in [-0.3, -0.25) is 0 Å². The molecule has 3 rings (SSSR count). The van der Waals surface area contributed by atoms with Crippen LogP contribution in [0.25, 0.3) is 11.8 Å². The number of primary sulfonamides is 1. The van der Waals surface area contributed by atoms with Gasteiger partial charge in [0.1, 0.15) is 5.37 Å². The van der Waals surface area contributed by atoms with Crippen LogP contribution in [0.2, 0.25) is 0 Å². The van der Waals surface area contributed by atoms with Gasteiger partial charge in [0, 0.05) is 16.8 Å². The summed E-state index contributed by atoms with van der Waals surface area (Å²) >= 11 is 0. The van der Waals surface area contributed by atoms with Crippen LogP contribution in [-0.2, 0) is 10.0 Å². The average molecular weight is 250 g/mol. The lowest BCUT2D eigenvalue weighted by molar-refractivity contribution is 0.566.